The molecule has 0 aromatic heterocycles. The molecule has 1 unspecified atom stereocenters. The van der Waals surface area contributed by atoms with E-state index >= 15 is 0 Å². The summed E-state index contributed by atoms with van der Waals surface area (Å²) in [7, 11) is 1.62. The summed E-state index contributed by atoms with van der Waals surface area (Å²) >= 11 is 6.02. The number of amides is 3. The summed E-state index contributed by atoms with van der Waals surface area (Å²) in [4.78, 5) is 27.2. The highest BCUT2D eigenvalue weighted by Gasteiger charge is 2.53. The van der Waals surface area contributed by atoms with Crippen LogP contribution in [-0.2, 0) is 23.3 Å². The van der Waals surface area contributed by atoms with Gasteiger partial charge in [-0.25, -0.2) is 4.79 Å². The van der Waals surface area contributed by atoms with E-state index in [-0.39, 0.29) is 18.5 Å². The number of nitrogens with one attached hydrogen (secondary N) is 1. The van der Waals surface area contributed by atoms with Gasteiger partial charge in [-0.1, -0.05) is 29.8 Å². The van der Waals surface area contributed by atoms with Crippen molar-refractivity contribution < 1.29 is 14.3 Å². The summed E-state index contributed by atoms with van der Waals surface area (Å²) in [6, 6.07) is 12.5. The van der Waals surface area contributed by atoms with Crippen molar-refractivity contribution in [1.29, 1.82) is 0 Å². The number of carbonyl (C=O) groups excluding carboxylic acids is 2. The molecule has 1 aliphatic carbocycles. The molecule has 2 aromatic carbocycles. The van der Waals surface area contributed by atoms with Crippen LogP contribution >= 0.6 is 11.6 Å². The predicted molar refractivity (Wildman–Crippen MR) is 98.1 cm³/mol. The number of ether oxygens (including phenoxy) is 1. The van der Waals surface area contributed by atoms with Crippen molar-refractivity contribution in [3.63, 3.8) is 0 Å². The number of halogens is 1. The van der Waals surface area contributed by atoms with E-state index in [1.165, 1.54) is 4.90 Å². The quantitative estimate of drug-likeness (QED) is 0.839. The lowest BCUT2D eigenvalue weighted by atomic mass is 9.76. The maximum atomic E-state index is 13.3. The largest absolute Gasteiger partial charge is 0.497 e. The molecule has 26 heavy (non-hydrogen) atoms. The first-order valence-electron chi connectivity index (χ1n) is 8.59. The molecule has 5 nitrogen and oxygen atoms in total. The Balaban J connectivity index is 1.69. The topological polar surface area (TPSA) is 58.6 Å². The van der Waals surface area contributed by atoms with E-state index in [9.17, 15) is 9.59 Å². The number of imide groups is 1. The molecule has 1 N–H and O–H groups in total. The summed E-state index contributed by atoms with van der Waals surface area (Å²) in [5.74, 6) is 0.557. The minimum absolute atomic E-state index is 0.200. The number of aryl methyl sites for hydroxylation is 1. The van der Waals surface area contributed by atoms with Crippen LogP contribution in [0.1, 0.15) is 29.5 Å². The fourth-order valence-electron chi connectivity index (χ4n) is 3.94. The monoisotopic (exact) mass is 370 g/mol. The van der Waals surface area contributed by atoms with E-state index < -0.39 is 5.54 Å². The van der Waals surface area contributed by atoms with Crippen LogP contribution in [0.15, 0.2) is 42.5 Å². The van der Waals surface area contributed by atoms with Gasteiger partial charge in [-0.15, -0.1) is 0 Å². The van der Waals surface area contributed by atoms with Crippen molar-refractivity contribution in [3.05, 3.63) is 64.2 Å². The predicted octanol–water partition coefficient (Wildman–Crippen LogP) is 3.63. The number of hydrogen-bond donors (Lipinski definition) is 1. The molecule has 1 atom stereocenters. The molecule has 1 spiro atoms. The molecule has 1 aliphatic heterocycles. The van der Waals surface area contributed by atoms with Crippen LogP contribution in [0.5, 0.6) is 5.75 Å². The molecule has 2 aliphatic rings. The van der Waals surface area contributed by atoms with E-state index in [0.717, 1.165) is 35.3 Å². The van der Waals surface area contributed by atoms with Gasteiger partial charge in [0.05, 0.1) is 13.7 Å². The Morgan fingerprint density at radius 1 is 1.23 bits per heavy atom. The van der Waals surface area contributed by atoms with Gasteiger partial charge >= 0.3 is 6.03 Å². The lowest BCUT2D eigenvalue weighted by molar-refractivity contribution is -0.132. The highest BCUT2D eigenvalue weighted by atomic mass is 35.5. The van der Waals surface area contributed by atoms with Gasteiger partial charge < -0.3 is 10.1 Å². The van der Waals surface area contributed by atoms with Gasteiger partial charge in [0.1, 0.15) is 11.3 Å². The standard InChI is InChI=1S/C20H19ClN2O3/c1-26-16-7-8-17-14(11-16)5-3-9-20(17)18(24)23(19(25)22-20)12-13-4-2-6-15(21)10-13/h2,4,6-8,10-11H,3,5,9,12H2,1H3,(H,22,25). The Hall–Kier alpha value is -2.53. The van der Waals surface area contributed by atoms with Crippen LogP contribution in [-0.4, -0.2) is 23.9 Å². The molecule has 1 heterocycles. The zero-order chi connectivity index (χ0) is 18.3. The first kappa shape index (κ1) is 16.9. The summed E-state index contributed by atoms with van der Waals surface area (Å²) in [5, 5.41) is 3.54. The van der Waals surface area contributed by atoms with E-state index in [4.69, 9.17) is 16.3 Å². The number of fused-ring (bicyclic) bond motifs is 2. The van der Waals surface area contributed by atoms with Crippen molar-refractivity contribution in [2.45, 2.75) is 31.3 Å². The molecule has 1 saturated heterocycles. The van der Waals surface area contributed by atoms with Crippen molar-refractivity contribution in [2.75, 3.05) is 7.11 Å². The van der Waals surface area contributed by atoms with Crippen LogP contribution in [0, 0.1) is 0 Å². The zero-order valence-electron chi connectivity index (χ0n) is 14.4. The Morgan fingerprint density at radius 3 is 2.85 bits per heavy atom. The molecule has 0 saturated carbocycles. The van der Waals surface area contributed by atoms with Gasteiger partial charge in [0.15, 0.2) is 0 Å². The second-order valence-corrected chi connectivity index (χ2v) is 7.17. The van der Waals surface area contributed by atoms with Gasteiger partial charge in [0.2, 0.25) is 0 Å². The maximum Gasteiger partial charge on any atom is 0.325 e. The molecule has 134 valence electrons. The summed E-state index contributed by atoms with van der Waals surface area (Å²) < 4.78 is 5.30. The van der Waals surface area contributed by atoms with E-state index in [1.54, 1.807) is 19.2 Å². The number of hydrogen-bond acceptors (Lipinski definition) is 3. The number of rotatable bonds is 3. The van der Waals surface area contributed by atoms with Crippen LogP contribution < -0.4 is 10.1 Å². The highest BCUT2D eigenvalue weighted by molar-refractivity contribution is 6.30. The Morgan fingerprint density at radius 2 is 2.08 bits per heavy atom. The first-order valence-corrected chi connectivity index (χ1v) is 8.97. The van der Waals surface area contributed by atoms with Gasteiger partial charge in [-0.3, -0.25) is 9.69 Å². The molecule has 1 fully saturated rings. The second-order valence-electron chi connectivity index (χ2n) is 6.73. The highest BCUT2D eigenvalue weighted by Crippen LogP contribution is 2.41. The molecule has 6 heteroatoms. The van der Waals surface area contributed by atoms with Crippen LogP contribution in [0.3, 0.4) is 0 Å². The minimum atomic E-state index is -0.977. The third-order valence-corrected chi connectivity index (χ3v) is 5.41. The molecule has 4 rings (SSSR count). The lowest BCUT2D eigenvalue weighted by Crippen LogP contribution is -2.46. The number of urea groups is 1. The Bertz CT molecular complexity index is 898. The average Bonchev–Trinajstić information content (AvgIpc) is 2.86. The second kappa shape index (κ2) is 6.32. The van der Waals surface area contributed by atoms with Gasteiger partial charge in [-0.05, 0) is 60.2 Å². The Labute approximate surface area is 156 Å². The molecule has 0 radical (unpaired) electrons. The third-order valence-electron chi connectivity index (χ3n) is 5.18. The van der Waals surface area contributed by atoms with Gasteiger partial charge in [0, 0.05) is 5.02 Å². The van der Waals surface area contributed by atoms with Crippen molar-refractivity contribution >= 4 is 23.5 Å². The lowest BCUT2D eigenvalue weighted by Gasteiger charge is -2.33. The summed E-state index contributed by atoms with van der Waals surface area (Å²) in [5.41, 5.74) is 1.77. The first-order chi connectivity index (χ1) is 12.5. The number of carbonyl (C=O) groups is 2. The minimum Gasteiger partial charge on any atom is -0.497 e. The zero-order valence-corrected chi connectivity index (χ0v) is 15.2. The molecule has 0 bridgehead atoms. The molecular formula is C20H19ClN2O3. The fourth-order valence-corrected chi connectivity index (χ4v) is 4.15. The van der Waals surface area contributed by atoms with Gasteiger partial charge in [0.25, 0.3) is 5.91 Å². The fraction of sp³-hybridized carbons (Fsp3) is 0.300. The van der Waals surface area contributed by atoms with Crippen LogP contribution in [0.2, 0.25) is 5.02 Å². The van der Waals surface area contributed by atoms with Crippen molar-refractivity contribution in [2.24, 2.45) is 0 Å². The third kappa shape index (κ3) is 2.63. The SMILES string of the molecule is COc1ccc2c(c1)CCCC21NC(=O)N(Cc2cccc(Cl)c2)C1=O. The normalized spacial score (nSPS) is 21.7. The maximum absolute atomic E-state index is 13.3. The summed E-state index contributed by atoms with van der Waals surface area (Å²) in [6.07, 6.45) is 2.30. The average molecular weight is 371 g/mol. The molecular weight excluding hydrogens is 352 g/mol. The van der Waals surface area contributed by atoms with Crippen molar-refractivity contribution in [1.82, 2.24) is 10.2 Å². The van der Waals surface area contributed by atoms with Crippen LogP contribution in [0.4, 0.5) is 4.79 Å². The van der Waals surface area contributed by atoms with Crippen molar-refractivity contribution in [3.8, 4) is 5.75 Å². The number of methoxy groups -OCH3 is 1. The van der Waals surface area contributed by atoms with E-state index in [2.05, 4.69) is 5.32 Å². The number of benzene rings is 2. The van der Waals surface area contributed by atoms with Gasteiger partial charge in [-0.2, -0.15) is 0 Å². The van der Waals surface area contributed by atoms with E-state index in [0.29, 0.717) is 11.4 Å². The smallest absolute Gasteiger partial charge is 0.325 e. The summed E-state index contributed by atoms with van der Waals surface area (Å²) in [6.45, 7) is 0.207. The number of nitrogens with zero attached hydrogens (tertiary/aromatic N) is 1. The molecule has 3 amide bonds. The van der Waals surface area contributed by atoms with Crippen LogP contribution in [0.25, 0.3) is 0 Å². The Kier molecular flexibility index (Phi) is 4.11. The van der Waals surface area contributed by atoms with E-state index in [1.807, 2.05) is 30.3 Å². The molecule has 2 aromatic rings.